The summed E-state index contributed by atoms with van der Waals surface area (Å²) in [5, 5.41) is 4.05. The van der Waals surface area contributed by atoms with Crippen LogP contribution in [0, 0.1) is 0 Å². The molecule has 0 radical (unpaired) electrons. The van der Waals surface area contributed by atoms with Crippen molar-refractivity contribution in [2.75, 3.05) is 13.1 Å². The zero-order valence-corrected chi connectivity index (χ0v) is 15.1. The average Bonchev–Trinajstić information content (AvgIpc) is 2.55. The normalized spacial score (nSPS) is 16.6. The van der Waals surface area contributed by atoms with E-state index in [-0.39, 0.29) is 15.6 Å². The fraction of sp³-hybridized carbons (Fsp3) is 0.278. The molecule has 0 spiro atoms. The fourth-order valence-corrected chi connectivity index (χ4v) is 3.96. The lowest BCUT2D eigenvalue weighted by Crippen LogP contribution is -2.43. The molecule has 0 aliphatic carbocycles. The molecule has 1 saturated heterocycles. The summed E-state index contributed by atoms with van der Waals surface area (Å²) in [7, 11) is 0. The molecule has 2 aromatic rings. The molecule has 1 N–H and O–H groups in total. The second-order valence-electron chi connectivity index (χ2n) is 5.74. The quantitative estimate of drug-likeness (QED) is 0.750. The molecular weight excluding hydrogens is 369 g/mol. The maximum atomic E-state index is 12.8. The van der Waals surface area contributed by atoms with Crippen molar-refractivity contribution in [2.45, 2.75) is 18.4 Å². The van der Waals surface area contributed by atoms with Crippen molar-refractivity contribution in [2.24, 2.45) is 0 Å². The van der Waals surface area contributed by atoms with Gasteiger partial charge in [-0.25, -0.2) is 4.79 Å². The van der Waals surface area contributed by atoms with Crippen LogP contribution >= 0.6 is 34.8 Å². The Morgan fingerprint density at radius 2 is 1.58 bits per heavy atom. The van der Waals surface area contributed by atoms with Crippen LogP contribution in [-0.4, -0.2) is 19.1 Å². The molecule has 1 aliphatic heterocycles. The zero-order chi connectivity index (χ0) is 17.2. The number of hydrogen-bond donors (Lipinski definition) is 1. The number of halogens is 3. The Hall–Kier alpha value is -1.26. The summed E-state index contributed by atoms with van der Waals surface area (Å²) in [6.45, 7) is 1.54. The highest BCUT2D eigenvalue weighted by molar-refractivity contribution is 6.41. The molecule has 0 atom stereocenters. The molecular formula is C18H16Cl3NO2. The predicted molar refractivity (Wildman–Crippen MR) is 97.1 cm³/mol. The van der Waals surface area contributed by atoms with E-state index in [1.54, 1.807) is 0 Å². The van der Waals surface area contributed by atoms with Gasteiger partial charge in [-0.3, -0.25) is 0 Å². The number of benzene rings is 2. The molecule has 1 heterocycles. The van der Waals surface area contributed by atoms with Gasteiger partial charge in [0.2, 0.25) is 0 Å². The van der Waals surface area contributed by atoms with Gasteiger partial charge in [0.25, 0.3) is 0 Å². The SMILES string of the molecule is O=C(OC1(c2ccccc2)CCNCC1)c1c(Cl)cc(Cl)cc1Cl. The largest absolute Gasteiger partial charge is 0.450 e. The van der Waals surface area contributed by atoms with Crippen LogP contribution in [0.2, 0.25) is 15.1 Å². The first-order chi connectivity index (χ1) is 11.5. The van der Waals surface area contributed by atoms with Crippen LogP contribution in [0.3, 0.4) is 0 Å². The lowest BCUT2D eigenvalue weighted by Gasteiger charge is -2.37. The number of esters is 1. The van der Waals surface area contributed by atoms with Crippen LogP contribution in [-0.2, 0) is 10.3 Å². The molecule has 126 valence electrons. The molecule has 6 heteroatoms. The Morgan fingerprint density at radius 3 is 2.17 bits per heavy atom. The van der Waals surface area contributed by atoms with E-state index in [4.69, 9.17) is 39.5 Å². The smallest absolute Gasteiger partial charge is 0.342 e. The molecule has 0 amide bonds. The molecule has 0 unspecified atom stereocenters. The van der Waals surface area contributed by atoms with Gasteiger partial charge in [0.05, 0.1) is 15.6 Å². The number of nitrogens with one attached hydrogen (secondary N) is 1. The third-order valence-electron chi connectivity index (χ3n) is 4.21. The maximum Gasteiger partial charge on any atom is 0.342 e. The predicted octanol–water partition coefficient (Wildman–Crippen LogP) is 5.08. The van der Waals surface area contributed by atoms with Crippen LogP contribution in [0.15, 0.2) is 42.5 Å². The Bertz CT molecular complexity index is 720. The van der Waals surface area contributed by atoms with Crippen LogP contribution in [0.4, 0.5) is 0 Å². The van der Waals surface area contributed by atoms with Crippen LogP contribution in [0.25, 0.3) is 0 Å². The molecule has 1 fully saturated rings. The van der Waals surface area contributed by atoms with Crippen molar-refractivity contribution in [3.05, 3.63) is 68.7 Å². The van der Waals surface area contributed by atoms with Gasteiger partial charge < -0.3 is 10.1 Å². The Labute approximate surface area is 155 Å². The Morgan fingerprint density at radius 1 is 1.00 bits per heavy atom. The third-order valence-corrected chi connectivity index (χ3v) is 5.02. The Balaban J connectivity index is 1.95. The monoisotopic (exact) mass is 383 g/mol. The van der Waals surface area contributed by atoms with Gasteiger partial charge >= 0.3 is 5.97 Å². The lowest BCUT2D eigenvalue weighted by molar-refractivity contribution is -0.0378. The fourth-order valence-electron chi connectivity index (χ4n) is 2.99. The number of hydrogen-bond acceptors (Lipinski definition) is 3. The average molecular weight is 385 g/mol. The van der Waals surface area contributed by atoms with Crippen molar-refractivity contribution >= 4 is 40.8 Å². The van der Waals surface area contributed by atoms with Crippen LogP contribution < -0.4 is 5.32 Å². The van der Waals surface area contributed by atoms with Gasteiger partial charge in [-0.15, -0.1) is 0 Å². The highest BCUT2D eigenvalue weighted by Gasteiger charge is 2.38. The van der Waals surface area contributed by atoms with E-state index in [1.165, 1.54) is 12.1 Å². The summed E-state index contributed by atoms with van der Waals surface area (Å²) in [5.41, 5.74) is 0.438. The molecule has 1 aliphatic rings. The second-order valence-corrected chi connectivity index (χ2v) is 7.00. The van der Waals surface area contributed by atoms with Gasteiger partial charge in [-0.05, 0) is 30.8 Å². The van der Waals surface area contributed by atoms with Crippen molar-refractivity contribution < 1.29 is 9.53 Å². The minimum atomic E-state index is -0.685. The highest BCUT2D eigenvalue weighted by atomic mass is 35.5. The molecule has 3 rings (SSSR count). The van der Waals surface area contributed by atoms with E-state index in [9.17, 15) is 4.79 Å². The van der Waals surface area contributed by atoms with Gasteiger partial charge in [0.15, 0.2) is 0 Å². The first-order valence-electron chi connectivity index (χ1n) is 7.66. The second kappa shape index (κ2) is 7.32. The van der Waals surface area contributed by atoms with E-state index >= 15 is 0 Å². The minimum Gasteiger partial charge on any atom is -0.450 e. The molecule has 2 aromatic carbocycles. The lowest BCUT2D eigenvalue weighted by atomic mass is 9.84. The number of ether oxygens (including phenoxy) is 1. The molecule has 0 aromatic heterocycles. The summed E-state index contributed by atoms with van der Waals surface area (Å²) in [6.07, 6.45) is 1.37. The first kappa shape index (κ1) is 17.6. The first-order valence-corrected chi connectivity index (χ1v) is 8.79. The van der Waals surface area contributed by atoms with Crippen molar-refractivity contribution in [1.82, 2.24) is 5.32 Å². The number of carbonyl (C=O) groups is 1. The highest BCUT2D eigenvalue weighted by Crippen LogP contribution is 2.38. The molecule has 0 bridgehead atoms. The van der Waals surface area contributed by atoms with E-state index in [0.29, 0.717) is 17.9 Å². The standard InChI is InChI=1S/C18H16Cl3NO2/c19-13-10-14(20)16(15(21)11-13)17(23)24-18(6-8-22-9-7-18)12-4-2-1-3-5-12/h1-5,10-11,22H,6-9H2. The van der Waals surface area contributed by atoms with Gasteiger partial charge in [0.1, 0.15) is 5.60 Å². The molecule has 0 saturated carbocycles. The molecule has 3 nitrogen and oxygen atoms in total. The van der Waals surface area contributed by atoms with Gasteiger partial charge in [-0.2, -0.15) is 0 Å². The summed E-state index contributed by atoms with van der Waals surface area (Å²) < 4.78 is 5.96. The van der Waals surface area contributed by atoms with E-state index in [2.05, 4.69) is 5.32 Å². The molecule has 24 heavy (non-hydrogen) atoms. The zero-order valence-electron chi connectivity index (χ0n) is 12.8. The van der Waals surface area contributed by atoms with Crippen molar-refractivity contribution in [3.63, 3.8) is 0 Å². The Kier molecular flexibility index (Phi) is 5.36. The maximum absolute atomic E-state index is 12.8. The topological polar surface area (TPSA) is 38.3 Å². The minimum absolute atomic E-state index is 0.150. The van der Waals surface area contributed by atoms with Gasteiger partial charge in [0, 0.05) is 17.9 Å². The number of rotatable bonds is 3. The summed E-state index contributed by atoms with van der Waals surface area (Å²) in [4.78, 5) is 12.8. The van der Waals surface area contributed by atoms with Crippen molar-refractivity contribution in [3.8, 4) is 0 Å². The van der Waals surface area contributed by atoms with E-state index < -0.39 is 11.6 Å². The van der Waals surface area contributed by atoms with Crippen LogP contribution in [0.5, 0.6) is 0 Å². The van der Waals surface area contributed by atoms with E-state index in [0.717, 1.165) is 18.7 Å². The van der Waals surface area contributed by atoms with Crippen molar-refractivity contribution in [1.29, 1.82) is 0 Å². The summed E-state index contributed by atoms with van der Waals surface area (Å²) in [6, 6.07) is 12.7. The number of piperidine rings is 1. The summed E-state index contributed by atoms with van der Waals surface area (Å²) in [5.74, 6) is -0.535. The van der Waals surface area contributed by atoms with E-state index in [1.807, 2.05) is 30.3 Å². The number of carbonyl (C=O) groups excluding carboxylic acids is 1. The van der Waals surface area contributed by atoms with Gasteiger partial charge in [-0.1, -0.05) is 65.1 Å². The van der Waals surface area contributed by atoms with Crippen LogP contribution in [0.1, 0.15) is 28.8 Å². The third kappa shape index (κ3) is 3.55. The summed E-state index contributed by atoms with van der Waals surface area (Å²) >= 11 is 18.2.